The lowest BCUT2D eigenvalue weighted by molar-refractivity contribution is 0.0699. The van der Waals surface area contributed by atoms with Crippen molar-refractivity contribution in [3.63, 3.8) is 0 Å². The van der Waals surface area contributed by atoms with Gasteiger partial charge in [0.2, 0.25) is 0 Å². The Bertz CT molecular complexity index is 669. The second-order valence-electron chi connectivity index (χ2n) is 3.49. The van der Waals surface area contributed by atoms with Gasteiger partial charge in [0.05, 0.1) is 10.5 Å². The first-order valence-corrected chi connectivity index (χ1v) is 6.33. The highest BCUT2D eigenvalue weighted by molar-refractivity contribution is 7.90. The molecule has 0 saturated carbocycles. The Kier molecular flexibility index (Phi) is 2.23. The van der Waals surface area contributed by atoms with Crippen LogP contribution < -0.4 is 0 Å². The number of rotatable bonds is 2. The number of aromatic amines is 1. The molecule has 84 valence electrons. The van der Waals surface area contributed by atoms with Gasteiger partial charge in [0, 0.05) is 23.4 Å². The van der Waals surface area contributed by atoms with E-state index in [1.165, 1.54) is 12.1 Å². The smallest absolute Gasteiger partial charge is 0.336 e. The van der Waals surface area contributed by atoms with Gasteiger partial charge in [0.25, 0.3) is 0 Å². The number of sulfone groups is 1. The molecule has 0 amide bonds. The largest absolute Gasteiger partial charge is 0.478 e. The molecule has 0 unspecified atom stereocenters. The van der Waals surface area contributed by atoms with Gasteiger partial charge in [-0.1, -0.05) is 0 Å². The van der Waals surface area contributed by atoms with Crippen molar-refractivity contribution in [1.82, 2.24) is 4.98 Å². The summed E-state index contributed by atoms with van der Waals surface area (Å²) in [5, 5.41) is 9.48. The highest BCUT2D eigenvalue weighted by atomic mass is 32.2. The second kappa shape index (κ2) is 3.34. The minimum atomic E-state index is -3.41. The maximum atomic E-state index is 11.4. The molecule has 16 heavy (non-hydrogen) atoms. The van der Waals surface area contributed by atoms with E-state index in [1.54, 1.807) is 12.3 Å². The van der Waals surface area contributed by atoms with Crippen LogP contribution in [0, 0.1) is 0 Å². The number of hydrogen-bond acceptors (Lipinski definition) is 3. The molecule has 2 rings (SSSR count). The topological polar surface area (TPSA) is 87.2 Å². The Morgan fingerprint density at radius 2 is 2.06 bits per heavy atom. The molecule has 0 bridgehead atoms. The molecule has 0 radical (unpaired) electrons. The number of benzene rings is 1. The molecule has 5 nitrogen and oxygen atoms in total. The fourth-order valence-corrected chi connectivity index (χ4v) is 2.20. The van der Waals surface area contributed by atoms with Gasteiger partial charge in [-0.15, -0.1) is 0 Å². The average Bonchev–Trinajstić information content (AvgIpc) is 2.61. The predicted octanol–water partition coefficient (Wildman–Crippen LogP) is 1.27. The maximum Gasteiger partial charge on any atom is 0.336 e. The summed E-state index contributed by atoms with van der Waals surface area (Å²) in [6.45, 7) is 0. The van der Waals surface area contributed by atoms with Crippen LogP contribution in [0.5, 0.6) is 0 Å². The van der Waals surface area contributed by atoms with Crippen molar-refractivity contribution in [3.05, 3.63) is 30.0 Å². The molecule has 1 aromatic carbocycles. The second-order valence-corrected chi connectivity index (χ2v) is 5.50. The molecule has 2 aromatic rings. The van der Waals surface area contributed by atoms with Gasteiger partial charge in [-0.25, -0.2) is 13.2 Å². The predicted molar refractivity (Wildman–Crippen MR) is 58.4 cm³/mol. The van der Waals surface area contributed by atoms with Crippen molar-refractivity contribution in [2.75, 3.05) is 6.26 Å². The van der Waals surface area contributed by atoms with Crippen molar-refractivity contribution in [1.29, 1.82) is 0 Å². The minimum Gasteiger partial charge on any atom is -0.478 e. The number of carbonyl (C=O) groups is 1. The summed E-state index contributed by atoms with van der Waals surface area (Å²) in [6.07, 6.45) is 2.62. The number of hydrogen-bond donors (Lipinski definition) is 2. The number of carboxylic acids is 1. The van der Waals surface area contributed by atoms with E-state index in [0.717, 1.165) is 6.26 Å². The monoisotopic (exact) mass is 239 g/mol. The maximum absolute atomic E-state index is 11.4. The molecule has 0 aliphatic heterocycles. The zero-order valence-corrected chi connectivity index (χ0v) is 9.21. The summed E-state index contributed by atoms with van der Waals surface area (Å²) >= 11 is 0. The van der Waals surface area contributed by atoms with E-state index in [-0.39, 0.29) is 10.5 Å². The molecule has 0 fully saturated rings. The molecule has 0 aliphatic rings. The standard InChI is InChI=1S/C10H9NO4S/c1-16(14,15)6-4-8(10(12)13)7-2-3-11-9(7)5-6/h2-5,11H,1H3,(H,12,13). The highest BCUT2D eigenvalue weighted by Gasteiger charge is 2.15. The fraction of sp³-hybridized carbons (Fsp3) is 0.100. The minimum absolute atomic E-state index is 0.000139. The van der Waals surface area contributed by atoms with Crippen LogP contribution in [0.15, 0.2) is 29.3 Å². The lowest BCUT2D eigenvalue weighted by atomic mass is 10.1. The molecule has 0 atom stereocenters. The first-order valence-electron chi connectivity index (χ1n) is 4.44. The van der Waals surface area contributed by atoms with Gasteiger partial charge in [-0.05, 0) is 18.2 Å². The van der Waals surface area contributed by atoms with Crippen molar-refractivity contribution in [2.24, 2.45) is 0 Å². The molecular weight excluding hydrogens is 230 g/mol. The molecule has 1 aromatic heterocycles. The number of carboxylic acid groups (broad SMARTS) is 1. The molecule has 0 aliphatic carbocycles. The Balaban J connectivity index is 2.87. The number of aromatic carboxylic acids is 1. The van der Waals surface area contributed by atoms with Crippen molar-refractivity contribution in [3.8, 4) is 0 Å². The van der Waals surface area contributed by atoms with Gasteiger partial charge >= 0.3 is 5.97 Å². The number of aromatic nitrogens is 1. The summed E-state index contributed by atoms with van der Waals surface area (Å²) < 4.78 is 22.7. The van der Waals surface area contributed by atoms with E-state index >= 15 is 0 Å². The Morgan fingerprint density at radius 3 is 2.62 bits per heavy atom. The third-order valence-electron chi connectivity index (χ3n) is 2.30. The van der Waals surface area contributed by atoms with Crippen molar-refractivity contribution in [2.45, 2.75) is 4.90 Å². The Hall–Kier alpha value is -1.82. The zero-order chi connectivity index (χ0) is 11.9. The van der Waals surface area contributed by atoms with Crippen LogP contribution in [0.4, 0.5) is 0 Å². The molecule has 1 heterocycles. The van der Waals surface area contributed by atoms with Crippen LogP contribution in [-0.2, 0) is 9.84 Å². The van der Waals surface area contributed by atoms with E-state index in [4.69, 9.17) is 5.11 Å². The van der Waals surface area contributed by atoms with E-state index in [0.29, 0.717) is 10.9 Å². The SMILES string of the molecule is CS(=O)(=O)c1cc(C(=O)O)c2cc[nH]c2c1. The first-order chi connectivity index (χ1) is 7.39. The number of H-pyrrole nitrogens is 1. The third-order valence-corrected chi connectivity index (χ3v) is 3.39. The quantitative estimate of drug-likeness (QED) is 0.826. The fourth-order valence-electron chi connectivity index (χ4n) is 1.53. The average molecular weight is 239 g/mol. The molecular formula is C10H9NO4S. The lowest BCUT2D eigenvalue weighted by Gasteiger charge is -2.02. The zero-order valence-electron chi connectivity index (χ0n) is 8.39. The van der Waals surface area contributed by atoms with E-state index < -0.39 is 15.8 Å². The summed E-state index contributed by atoms with van der Waals surface area (Å²) in [6, 6.07) is 4.20. The summed E-state index contributed by atoms with van der Waals surface area (Å²) in [5.41, 5.74) is 0.486. The van der Waals surface area contributed by atoms with Crippen LogP contribution in [0.25, 0.3) is 10.9 Å². The van der Waals surface area contributed by atoms with Crippen LogP contribution in [0.1, 0.15) is 10.4 Å². The van der Waals surface area contributed by atoms with Crippen LogP contribution in [0.3, 0.4) is 0 Å². The Labute approximate surface area is 91.6 Å². The van der Waals surface area contributed by atoms with Crippen molar-refractivity contribution >= 4 is 26.7 Å². The van der Waals surface area contributed by atoms with E-state index in [2.05, 4.69) is 4.98 Å². The molecule has 0 saturated heterocycles. The van der Waals surface area contributed by atoms with Gasteiger partial charge in [0.1, 0.15) is 0 Å². The lowest BCUT2D eigenvalue weighted by Crippen LogP contribution is -2.02. The highest BCUT2D eigenvalue weighted by Crippen LogP contribution is 2.22. The summed E-state index contributed by atoms with van der Waals surface area (Å²) in [4.78, 5) is 13.8. The van der Waals surface area contributed by atoms with Crippen LogP contribution in [-0.4, -0.2) is 30.7 Å². The summed E-state index contributed by atoms with van der Waals surface area (Å²) in [5.74, 6) is -1.14. The Morgan fingerprint density at radius 1 is 1.38 bits per heavy atom. The van der Waals surface area contributed by atoms with Gasteiger partial charge < -0.3 is 10.1 Å². The van der Waals surface area contributed by atoms with Gasteiger partial charge in [0.15, 0.2) is 9.84 Å². The molecule has 6 heteroatoms. The van der Waals surface area contributed by atoms with Crippen LogP contribution in [0.2, 0.25) is 0 Å². The van der Waals surface area contributed by atoms with Crippen molar-refractivity contribution < 1.29 is 18.3 Å². The van der Waals surface area contributed by atoms with E-state index in [9.17, 15) is 13.2 Å². The van der Waals surface area contributed by atoms with E-state index in [1.807, 2.05) is 0 Å². The van der Waals surface area contributed by atoms with Gasteiger partial charge in [-0.2, -0.15) is 0 Å². The number of fused-ring (bicyclic) bond motifs is 1. The number of nitrogens with one attached hydrogen (secondary N) is 1. The normalized spacial score (nSPS) is 11.8. The summed E-state index contributed by atoms with van der Waals surface area (Å²) in [7, 11) is -3.41. The molecule has 2 N–H and O–H groups in total. The van der Waals surface area contributed by atoms with Gasteiger partial charge in [-0.3, -0.25) is 0 Å². The van der Waals surface area contributed by atoms with Crippen LogP contribution >= 0.6 is 0 Å². The first kappa shape index (κ1) is 10.7. The third kappa shape index (κ3) is 1.67. The molecule has 0 spiro atoms.